The average Bonchev–Trinajstić information content (AvgIpc) is 3.47. The molecular formula is C35H25Cl2F6N3O4S. The van der Waals surface area contributed by atoms with Crippen LogP contribution in [0, 0.1) is 0 Å². The van der Waals surface area contributed by atoms with Crippen molar-refractivity contribution in [1.29, 1.82) is 0 Å². The van der Waals surface area contributed by atoms with E-state index < -0.39 is 45.5 Å². The highest BCUT2D eigenvalue weighted by atomic mass is 35.5. The molecule has 0 saturated heterocycles. The summed E-state index contributed by atoms with van der Waals surface area (Å²) in [4.78, 5) is 16.5. The van der Waals surface area contributed by atoms with Gasteiger partial charge in [0.1, 0.15) is 12.4 Å². The number of sulfonamides is 1. The van der Waals surface area contributed by atoms with Crippen LogP contribution in [0.25, 0.3) is 34.5 Å². The van der Waals surface area contributed by atoms with Crippen LogP contribution in [-0.2, 0) is 32.3 Å². The number of esters is 1. The van der Waals surface area contributed by atoms with Gasteiger partial charge >= 0.3 is 27.7 Å². The Morgan fingerprint density at radius 2 is 1.47 bits per heavy atom. The number of nitrogens with zero attached hydrogens (tertiary/aromatic N) is 3. The molecule has 1 heterocycles. The van der Waals surface area contributed by atoms with E-state index in [1.807, 2.05) is 0 Å². The van der Waals surface area contributed by atoms with Crippen LogP contribution >= 0.6 is 23.2 Å². The molecule has 0 aliphatic heterocycles. The third-order valence-electron chi connectivity index (χ3n) is 7.56. The van der Waals surface area contributed by atoms with Crippen LogP contribution in [0.4, 0.5) is 32.0 Å². The van der Waals surface area contributed by atoms with Crippen molar-refractivity contribution in [1.82, 2.24) is 9.55 Å². The molecule has 5 aromatic rings. The van der Waals surface area contributed by atoms with Crippen LogP contribution in [0.3, 0.4) is 0 Å². The highest BCUT2D eigenvalue weighted by Crippen LogP contribution is 2.34. The number of ether oxygens (including phenoxy) is 1. The molecule has 0 radical (unpaired) electrons. The molecule has 266 valence electrons. The van der Waals surface area contributed by atoms with Crippen molar-refractivity contribution in [3.8, 4) is 22.4 Å². The molecule has 0 unspecified atom stereocenters. The van der Waals surface area contributed by atoms with Crippen molar-refractivity contribution in [2.45, 2.75) is 18.2 Å². The molecule has 0 spiro atoms. The Balaban J connectivity index is 1.44. The Labute approximate surface area is 298 Å². The molecule has 0 bridgehead atoms. The fourth-order valence-electron chi connectivity index (χ4n) is 4.91. The minimum Gasteiger partial charge on any atom is -0.468 e. The van der Waals surface area contributed by atoms with Crippen LogP contribution in [0.1, 0.15) is 22.5 Å². The third-order valence-corrected chi connectivity index (χ3v) is 9.61. The number of benzene rings is 4. The van der Waals surface area contributed by atoms with E-state index in [0.717, 1.165) is 36.9 Å². The fraction of sp³-hybridized carbons (Fsp3) is 0.143. The maximum Gasteiger partial charge on any atom is 0.516 e. The Morgan fingerprint density at radius 3 is 2.02 bits per heavy atom. The quantitative estimate of drug-likeness (QED) is 0.105. The zero-order valence-electron chi connectivity index (χ0n) is 26.2. The smallest absolute Gasteiger partial charge is 0.468 e. The number of halogens is 8. The van der Waals surface area contributed by atoms with Crippen LogP contribution in [0.15, 0.2) is 97.2 Å². The Kier molecular flexibility index (Phi) is 10.9. The van der Waals surface area contributed by atoms with Gasteiger partial charge in [-0.2, -0.15) is 34.8 Å². The van der Waals surface area contributed by atoms with Gasteiger partial charge in [0.15, 0.2) is 0 Å². The molecule has 0 saturated carbocycles. The van der Waals surface area contributed by atoms with E-state index in [2.05, 4.69) is 4.74 Å². The minimum absolute atomic E-state index is 0.0720. The van der Waals surface area contributed by atoms with Gasteiger partial charge in [0, 0.05) is 23.3 Å². The van der Waals surface area contributed by atoms with Crippen LogP contribution < -0.4 is 4.31 Å². The van der Waals surface area contributed by atoms with Crippen LogP contribution in [-0.4, -0.2) is 43.1 Å². The first-order valence-electron chi connectivity index (χ1n) is 14.7. The Morgan fingerprint density at radius 1 is 0.863 bits per heavy atom. The molecule has 16 heteroatoms. The van der Waals surface area contributed by atoms with Gasteiger partial charge in [0.2, 0.25) is 0 Å². The van der Waals surface area contributed by atoms with Gasteiger partial charge in [-0.05, 0) is 70.8 Å². The van der Waals surface area contributed by atoms with E-state index in [-0.39, 0.29) is 10.8 Å². The summed E-state index contributed by atoms with van der Waals surface area (Å²) in [6.45, 7) is -1.06. The SMILES string of the molecule is COC(=O)CN(c1ccc(Cn2cc(-c3ccc(Cl)cc3Cl)nc2/C=C/c2ccc(-c3ccc(C(F)(F)F)cc3)cc2)cc1)S(=O)(=O)C(F)(F)F. The van der Waals surface area contributed by atoms with Crippen molar-refractivity contribution in [2.24, 2.45) is 0 Å². The van der Waals surface area contributed by atoms with Crippen molar-refractivity contribution in [2.75, 3.05) is 18.0 Å². The first-order valence-corrected chi connectivity index (χ1v) is 16.9. The maximum absolute atomic E-state index is 13.4. The van der Waals surface area contributed by atoms with E-state index in [1.54, 1.807) is 65.4 Å². The normalized spacial score (nSPS) is 12.3. The number of methoxy groups -OCH3 is 1. The first-order chi connectivity index (χ1) is 24.0. The standard InChI is InChI=1S/C35H25Cl2F6N3O4S/c1-50-33(47)21-46(51(48,49)35(41,42)43)28-14-4-23(5-15-28)19-45-20-31(29-16-13-27(36)18-30(29)37)44-32(45)17-6-22-2-7-24(8-3-22)25-9-11-26(12-10-25)34(38,39)40/h2-18,20H,19,21H2,1H3/b17-6+. The second-order valence-corrected chi connectivity index (χ2v) is 13.7. The number of aromatic nitrogens is 2. The molecular weight excluding hydrogens is 743 g/mol. The van der Waals surface area contributed by atoms with Crippen LogP contribution in [0.5, 0.6) is 0 Å². The molecule has 0 aliphatic carbocycles. The fourth-order valence-corrected chi connectivity index (χ4v) is 6.34. The summed E-state index contributed by atoms with van der Waals surface area (Å²) in [5.41, 5.74) is -3.16. The third kappa shape index (κ3) is 8.75. The molecule has 0 N–H and O–H groups in total. The maximum atomic E-state index is 13.4. The van der Waals surface area contributed by atoms with Crippen molar-refractivity contribution >= 4 is 57.0 Å². The van der Waals surface area contributed by atoms with Gasteiger partial charge in [-0.15, -0.1) is 0 Å². The lowest BCUT2D eigenvalue weighted by Gasteiger charge is -2.24. The second kappa shape index (κ2) is 14.8. The number of carbonyl (C=O) groups is 1. The van der Waals surface area contributed by atoms with Gasteiger partial charge in [-0.25, -0.2) is 4.98 Å². The molecule has 0 atom stereocenters. The number of imidazole rings is 1. The summed E-state index contributed by atoms with van der Waals surface area (Å²) in [5.74, 6) is -0.747. The molecule has 1 aromatic heterocycles. The summed E-state index contributed by atoms with van der Waals surface area (Å²) in [5, 5.41) is 0.749. The van der Waals surface area contributed by atoms with Gasteiger partial charge in [-0.1, -0.05) is 77.8 Å². The van der Waals surface area contributed by atoms with E-state index in [1.165, 1.54) is 24.3 Å². The minimum atomic E-state index is -5.92. The van der Waals surface area contributed by atoms with Gasteiger partial charge in [-0.3, -0.25) is 9.10 Å². The zero-order chi connectivity index (χ0) is 37.1. The summed E-state index contributed by atoms with van der Waals surface area (Å²) >= 11 is 12.5. The number of alkyl halides is 6. The Bertz CT molecular complexity index is 2170. The molecule has 51 heavy (non-hydrogen) atoms. The molecule has 4 aromatic carbocycles. The summed E-state index contributed by atoms with van der Waals surface area (Å²) in [6, 6.07) is 21.9. The largest absolute Gasteiger partial charge is 0.516 e. The number of hydrogen-bond acceptors (Lipinski definition) is 5. The van der Waals surface area contributed by atoms with Gasteiger partial charge in [0.25, 0.3) is 0 Å². The first kappa shape index (κ1) is 37.5. The van der Waals surface area contributed by atoms with Crippen LogP contribution in [0.2, 0.25) is 10.0 Å². The molecule has 0 aliphatic rings. The lowest BCUT2D eigenvalue weighted by molar-refractivity contribution is -0.139. The number of anilines is 1. The molecule has 0 fully saturated rings. The highest BCUT2D eigenvalue weighted by molar-refractivity contribution is 7.93. The number of rotatable bonds is 10. The second-order valence-electron chi connectivity index (χ2n) is 11.0. The van der Waals surface area contributed by atoms with Gasteiger partial charge < -0.3 is 9.30 Å². The van der Waals surface area contributed by atoms with Gasteiger partial charge in [0.05, 0.1) is 29.1 Å². The van der Waals surface area contributed by atoms with E-state index >= 15 is 0 Å². The predicted octanol–water partition coefficient (Wildman–Crippen LogP) is 9.59. The zero-order valence-corrected chi connectivity index (χ0v) is 28.5. The van der Waals surface area contributed by atoms with E-state index in [4.69, 9.17) is 28.2 Å². The Hall–Kier alpha value is -4.79. The number of carbonyl (C=O) groups excluding carboxylic acids is 1. The van der Waals surface area contributed by atoms with Crippen molar-refractivity contribution in [3.05, 3.63) is 130 Å². The number of hydrogen-bond donors (Lipinski definition) is 0. The highest BCUT2D eigenvalue weighted by Gasteiger charge is 2.51. The molecule has 0 amide bonds. The average molecular weight is 769 g/mol. The summed E-state index contributed by atoms with van der Waals surface area (Å²) < 4.78 is 110. The van der Waals surface area contributed by atoms with E-state index in [0.29, 0.717) is 43.8 Å². The molecule has 7 nitrogen and oxygen atoms in total. The molecule has 5 rings (SSSR count). The van der Waals surface area contributed by atoms with Crippen molar-refractivity contribution < 1.29 is 44.3 Å². The van der Waals surface area contributed by atoms with E-state index in [9.17, 15) is 39.6 Å². The topological polar surface area (TPSA) is 81.5 Å². The summed E-state index contributed by atoms with van der Waals surface area (Å²) in [6.07, 6.45) is 0.739. The summed E-state index contributed by atoms with van der Waals surface area (Å²) in [7, 11) is -5.00. The lowest BCUT2D eigenvalue weighted by atomic mass is 10.0. The predicted molar refractivity (Wildman–Crippen MR) is 183 cm³/mol. The monoisotopic (exact) mass is 767 g/mol. The van der Waals surface area contributed by atoms with Crippen molar-refractivity contribution in [3.63, 3.8) is 0 Å². The lowest BCUT2D eigenvalue weighted by Crippen LogP contribution is -2.43.